The van der Waals surface area contributed by atoms with Crippen molar-refractivity contribution in [2.75, 3.05) is 39.8 Å². The molecule has 3 heteroatoms. The minimum atomic E-state index is -0.546. The Labute approximate surface area is 102 Å². The van der Waals surface area contributed by atoms with Gasteiger partial charge in [-0.15, -0.1) is 0 Å². The highest BCUT2D eigenvalue weighted by Crippen LogP contribution is 2.07. The fraction of sp³-hybridized carbons (Fsp3) is 1.00. The smallest absolute Gasteiger partial charge is 0.0718 e. The van der Waals surface area contributed by atoms with Crippen molar-refractivity contribution in [3.63, 3.8) is 0 Å². The molecule has 1 aliphatic heterocycles. The van der Waals surface area contributed by atoms with Gasteiger partial charge in [0, 0.05) is 32.7 Å². The van der Waals surface area contributed by atoms with Gasteiger partial charge in [0.15, 0.2) is 0 Å². The molecule has 0 aliphatic carbocycles. The number of piperazine rings is 1. The van der Waals surface area contributed by atoms with Gasteiger partial charge < -0.3 is 10.0 Å². The molecule has 0 aromatic rings. The van der Waals surface area contributed by atoms with E-state index in [1.54, 1.807) is 0 Å². The molecular formula is C13H32N2O. The molecule has 0 bridgehead atoms. The van der Waals surface area contributed by atoms with Crippen LogP contribution in [0.5, 0.6) is 0 Å². The number of rotatable bonds is 2. The first kappa shape index (κ1) is 18.3. The average Bonchev–Trinajstić information content (AvgIpc) is 2.25. The first-order valence-corrected chi connectivity index (χ1v) is 6.61. The van der Waals surface area contributed by atoms with Crippen molar-refractivity contribution in [3.8, 4) is 0 Å². The van der Waals surface area contributed by atoms with E-state index in [9.17, 15) is 5.11 Å². The number of hydrogen-bond donors (Lipinski definition) is 1. The number of likely N-dealkylation sites (N-methyl/N-ethyl adjacent to an activating group) is 1. The molecule has 1 fully saturated rings. The van der Waals surface area contributed by atoms with Gasteiger partial charge in [0.05, 0.1) is 5.60 Å². The summed E-state index contributed by atoms with van der Waals surface area (Å²) in [7, 11) is 2.14. The summed E-state index contributed by atoms with van der Waals surface area (Å²) in [6.07, 6.45) is 0. The summed E-state index contributed by atoms with van der Waals surface area (Å²) in [4.78, 5) is 4.64. The van der Waals surface area contributed by atoms with Gasteiger partial charge in [-0.25, -0.2) is 0 Å². The van der Waals surface area contributed by atoms with Crippen LogP contribution in [0.2, 0.25) is 0 Å². The van der Waals surface area contributed by atoms with Crippen LogP contribution in [0.4, 0.5) is 0 Å². The second-order valence-corrected chi connectivity index (χ2v) is 4.39. The molecule has 1 saturated heterocycles. The van der Waals surface area contributed by atoms with E-state index in [1.807, 2.05) is 41.5 Å². The summed E-state index contributed by atoms with van der Waals surface area (Å²) in [5.41, 5.74) is -0.546. The maximum absolute atomic E-state index is 9.58. The Kier molecular flexibility index (Phi) is 11.5. The van der Waals surface area contributed by atoms with Crippen LogP contribution in [-0.2, 0) is 0 Å². The average molecular weight is 232 g/mol. The largest absolute Gasteiger partial charge is 0.389 e. The predicted octanol–water partition coefficient (Wildman–Crippen LogP) is 2.06. The van der Waals surface area contributed by atoms with Crippen LogP contribution in [-0.4, -0.2) is 60.3 Å². The number of β-amino-alcohol motifs (C(OH)–C–C–N with tert-alkyl or cyclic N) is 1. The molecular weight excluding hydrogens is 200 g/mol. The molecule has 0 spiro atoms. The minimum Gasteiger partial charge on any atom is -0.389 e. The zero-order valence-corrected chi connectivity index (χ0v) is 12.4. The van der Waals surface area contributed by atoms with Gasteiger partial charge in [0.1, 0.15) is 0 Å². The highest BCUT2D eigenvalue weighted by molar-refractivity contribution is 4.76. The fourth-order valence-corrected chi connectivity index (χ4v) is 1.55. The van der Waals surface area contributed by atoms with Crippen LogP contribution in [0.3, 0.4) is 0 Å². The second kappa shape index (κ2) is 10.1. The molecule has 0 aromatic heterocycles. The minimum absolute atomic E-state index is 0.546. The molecule has 1 heterocycles. The molecule has 1 N–H and O–H groups in total. The number of hydrogen-bond acceptors (Lipinski definition) is 3. The summed E-state index contributed by atoms with van der Waals surface area (Å²) in [5, 5.41) is 9.58. The van der Waals surface area contributed by atoms with E-state index in [1.165, 1.54) is 0 Å². The Morgan fingerprint density at radius 2 is 1.31 bits per heavy atom. The molecule has 0 saturated carbocycles. The number of nitrogens with zero attached hydrogens (tertiary/aromatic N) is 2. The lowest BCUT2D eigenvalue weighted by Crippen LogP contribution is -2.49. The molecule has 0 unspecified atom stereocenters. The summed E-state index contributed by atoms with van der Waals surface area (Å²) in [6.45, 7) is 16.9. The lowest BCUT2D eigenvalue weighted by molar-refractivity contribution is 0.0210. The van der Waals surface area contributed by atoms with E-state index in [0.717, 1.165) is 32.7 Å². The van der Waals surface area contributed by atoms with E-state index in [0.29, 0.717) is 0 Å². The number of aliphatic hydroxyl groups is 1. The topological polar surface area (TPSA) is 26.7 Å². The van der Waals surface area contributed by atoms with Gasteiger partial charge in [-0.1, -0.05) is 27.7 Å². The molecule has 0 amide bonds. The van der Waals surface area contributed by atoms with Crippen LogP contribution in [0.25, 0.3) is 0 Å². The van der Waals surface area contributed by atoms with E-state index in [4.69, 9.17) is 0 Å². The van der Waals surface area contributed by atoms with Crippen LogP contribution >= 0.6 is 0 Å². The Morgan fingerprint density at radius 1 is 0.938 bits per heavy atom. The second-order valence-electron chi connectivity index (χ2n) is 4.39. The molecule has 0 aromatic carbocycles. The summed E-state index contributed by atoms with van der Waals surface area (Å²) in [5.74, 6) is 0. The Hall–Kier alpha value is -0.120. The first-order chi connectivity index (χ1) is 7.47. The van der Waals surface area contributed by atoms with Crippen molar-refractivity contribution < 1.29 is 5.11 Å². The van der Waals surface area contributed by atoms with Gasteiger partial charge in [0.2, 0.25) is 0 Å². The van der Waals surface area contributed by atoms with Crippen LogP contribution in [0.15, 0.2) is 0 Å². The van der Waals surface area contributed by atoms with Crippen molar-refractivity contribution in [3.05, 3.63) is 0 Å². The molecule has 3 nitrogen and oxygen atoms in total. The highest BCUT2D eigenvalue weighted by atomic mass is 16.3. The maximum Gasteiger partial charge on any atom is 0.0718 e. The van der Waals surface area contributed by atoms with Crippen molar-refractivity contribution in [2.45, 2.75) is 47.1 Å². The third kappa shape index (κ3) is 10.4. The monoisotopic (exact) mass is 232 g/mol. The van der Waals surface area contributed by atoms with Crippen molar-refractivity contribution in [1.29, 1.82) is 0 Å². The lowest BCUT2D eigenvalue weighted by Gasteiger charge is -2.35. The third-order valence-corrected chi connectivity index (χ3v) is 2.21. The fourth-order valence-electron chi connectivity index (χ4n) is 1.55. The predicted molar refractivity (Wildman–Crippen MR) is 72.9 cm³/mol. The Morgan fingerprint density at radius 3 is 1.62 bits per heavy atom. The zero-order valence-electron chi connectivity index (χ0n) is 12.4. The standard InChI is InChI=1S/C9H20N2O.2C2H6/c1-9(2,12)8-11-6-4-10(3)5-7-11;2*1-2/h12H,4-8H2,1-3H3;2*1-2H3. The highest BCUT2D eigenvalue weighted by Gasteiger charge is 2.20. The Balaban J connectivity index is 0. The summed E-state index contributed by atoms with van der Waals surface area (Å²) < 4.78 is 0. The SMILES string of the molecule is CC.CC.CN1CCN(CC(C)(C)O)CC1. The van der Waals surface area contributed by atoms with E-state index < -0.39 is 5.60 Å². The normalized spacial score (nSPS) is 18.0. The van der Waals surface area contributed by atoms with Crippen molar-refractivity contribution in [2.24, 2.45) is 0 Å². The van der Waals surface area contributed by atoms with Gasteiger partial charge in [-0.05, 0) is 20.9 Å². The molecule has 16 heavy (non-hydrogen) atoms. The van der Waals surface area contributed by atoms with Crippen molar-refractivity contribution >= 4 is 0 Å². The first-order valence-electron chi connectivity index (χ1n) is 6.61. The summed E-state index contributed by atoms with van der Waals surface area (Å²) >= 11 is 0. The van der Waals surface area contributed by atoms with Gasteiger partial charge in [-0.2, -0.15) is 0 Å². The van der Waals surface area contributed by atoms with Crippen molar-refractivity contribution in [1.82, 2.24) is 9.80 Å². The quantitative estimate of drug-likeness (QED) is 0.789. The Bertz CT molecular complexity index is 135. The van der Waals surface area contributed by atoms with Gasteiger partial charge >= 0.3 is 0 Å². The van der Waals surface area contributed by atoms with E-state index in [-0.39, 0.29) is 0 Å². The molecule has 100 valence electrons. The molecule has 0 radical (unpaired) electrons. The van der Waals surface area contributed by atoms with E-state index in [2.05, 4.69) is 16.8 Å². The van der Waals surface area contributed by atoms with E-state index >= 15 is 0 Å². The van der Waals surface area contributed by atoms with Gasteiger partial charge in [-0.3, -0.25) is 4.90 Å². The van der Waals surface area contributed by atoms with Crippen LogP contribution < -0.4 is 0 Å². The van der Waals surface area contributed by atoms with Gasteiger partial charge in [0.25, 0.3) is 0 Å². The third-order valence-electron chi connectivity index (χ3n) is 2.21. The lowest BCUT2D eigenvalue weighted by atomic mass is 10.1. The van der Waals surface area contributed by atoms with Crippen LogP contribution in [0, 0.1) is 0 Å². The zero-order chi connectivity index (χ0) is 13.2. The molecule has 1 rings (SSSR count). The molecule has 1 aliphatic rings. The maximum atomic E-state index is 9.58. The molecule has 0 atom stereocenters. The summed E-state index contributed by atoms with van der Waals surface area (Å²) in [6, 6.07) is 0. The van der Waals surface area contributed by atoms with Crippen LogP contribution in [0.1, 0.15) is 41.5 Å².